The van der Waals surface area contributed by atoms with Crippen LogP contribution in [0.4, 0.5) is 5.69 Å². The third kappa shape index (κ3) is 4.08. The zero-order valence-corrected chi connectivity index (χ0v) is 12.7. The third-order valence-electron chi connectivity index (χ3n) is 4.14. The molecule has 0 amide bonds. The van der Waals surface area contributed by atoms with Crippen LogP contribution < -0.4 is 5.32 Å². The maximum atomic E-state index is 4.43. The number of hydrogen-bond acceptors (Lipinski definition) is 3. The van der Waals surface area contributed by atoms with Gasteiger partial charge in [0.05, 0.1) is 18.4 Å². The molecule has 2 aromatic rings. The summed E-state index contributed by atoms with van der Waals surface area (Å²) < 4.78 is 1.99. The number of likely N-dealkylation sites (tertiary alicyclic amines) is 1. The molecule has 1 atom stereocenters. The maximum Gasteiger partial charge on any atom is 0.0726 e. The highest BCUT2D eigenvalue weighted by molar-refractivity contribution is 5.38. The standard InChI is InChI=1S/C17H24N4/c1-20-9-5-8-16(12-20)10-18-17-11-19-21(14-17)13-15-6-3-2-4-7-15/h2-4,6-7,11,14,16,18H,5,8-10,12-13H2,1H3. The fraction of sp³-hybridized carbons (Fsp3) is 0.471. The van der Waals surface area contributed by atoms with Gasteiger partial charge in [0, 0.05) is 19.3 Å². The summed E-state index contributed by atoms with van der Waals surface area (Å²) in [6.45, 7) is 4.31. The first-order valence-electron chi connectivity index (χ1n) is 7.78. The molecule has 21 heavy (non-hydrogen) atoms. The maximum absolute atomic E-state index is 4.43. The van der Waals surface area contributed by atoms with Crippen LogP contribution in [-0.4, -0.2) is 41.4 Å². The highest BCUT2D eigenvalue weighted by Gasteiger charge is 2.16. The van der Waals surface area contributed by atoms with Crippen LogP contribution in [0.3, 0.4) is 0 Å². The molecule has 1 unspecified atom stereocenters. The minimum Gasteiger partial charge on any atom is -0.382 e. The first-order chi connectivity index (χ1) is 10.3. The Kier molecular flexibility index (Phi) is 4.55. The van der Waals surface area contributed by atoms with Crippen molar-refractivity contribution in [3.05, 3.63) is 48.3 Å². The molecular weight excluding hydrogens is 260 g/mol. The summed E-state index contributed by atoms with van der Waals surface area (Å²) in [7, 11) is 2.21. The van der Waals surface area contributed by atoms with E-state index >= 15 is 0 Å². The van der Waals surface area contributed by atoms with Gasteiger partial charge >= 0.3 is 0 Å². The van der Waals surface area contributed by atoms with E-state index in [4.69, 9.17) is 0 Å². The van der Waals surface area contributed by atoms with Gasteiger partial charge in [0.2, 0.25) is 0 Å². The van der Waals surface area contributed by atoms with Crippen molar-refractivity contribution < 1.29 is 0 Å². The molecular formula is C17H24N4. The van der Waals surface area contributed by atoms with E-state index in [0.717, 1.165) is 24.7 Å². The molecule has 0 saturated carbocycles. The summed E-state index contributed by atoms with van der Waals surface area (Å²) in [5.41, 5.74) is 2.40. The van der Waals surface area contributed by atoms with Crippen LogP contribution in [0.5, 0.6) is 0 Å². The topological polar surface area (TPSA) is 33.1 Å². The number of anilines is 1. The SMILES string of the molecule is CN1CCCC(CNc2cnn(Cc3ccccc3)c2)C1. The van der Waals surface area contributed by atoms with Gasteiger partial charge < -0.3 is 10.2 Å². The van der Waals surface area contributed by atoms with Gasteiger partial charge in [-0.3, -0.25) is 4.68 Å². The van der Waals surface area contributed by atoms with E-state index in [0.29, 0.717) is 0 Å². The zero-order chi connectivity index (χ0) is 14.5. The number of nitrogens with zero attached hydrogens (tertiary/aromatic N) is 3. The molecule has 4 heteroatoms. The Morgan fingerprint density at radius 2 is 2.14 bits per heavy atom. The predicted octanol–water partition coefficient (Wildman–Crippen LogP) is 2.69. The van der Waals surface area contributed by atoms with Gasteiger partial charge in [-0.05, 0) is 37.9 Å². The Hall–Kier alpha value is -1.81. The molecule has 0 bridgehead atoms. The molecule has 1 fully saturated rings. The number of piperidine rings is 1. The molecule has 1 aromatic carbocycles. The van der Waals surface area contributed by atoms with Crippen molar-refractivity contribution in [2.75, 3.05) is 32.0 Å². The molecule has 1 aliphatic heterocycles. The zero-order valence-electron chi connectivity index (χ0n) is 12.7. The highest BCUT2D eigenvalue weighted by atomic mass is 15.3. The second-order valence-corrected chi connectivity index (χ2v) is 6.06. The van der Waals surface area contributed by atoms with E-state index in [-0.39, 0.29) is 0 Å². The van der Waals surface area contributed by atoms with Crippen molar-refractivity contribution >= 4 is 5.69 Å². The quantitative estimate of drug-likeness (QED) is 0.916. The third-order valence-corrected chi connectivity index (χ3v) is 4.14. The lowest BCUT2D eigenvalue weighted by Crippen LogP contribution is -2.35. The largest absolute Gasteiger partial charge is 0.382 e. The van der Waals surface area contributed by atoms with Crippen LogP contribution in [-0.2, 0) is 6.54 Å². The Morgan fingerprint density at radius 1 is 1.29 bits per heavy atom. The number of nitrogens with one attached hydrogen (secondary N) is 1. The average Bonchev–Trinajstić information content (AvgIpc) is 2.94. The van der Waals surface area contributed by atoms with Gasteiger partial charge in [-0.2, -0.15) is 5.10 Å². The fourth-order valence-corrected chi connectivity index (χ4v) is 3.01. The lowest BCUT2D eigenvalue weighted by molar-refractivity contribution is 0.217. The monoisotopic (exact) mass is 284 g/mol. The highest BCUT2D eigenvalue weighted by Crippen LogP contribution is 2.16. The summed E-state index contributed by atoms with van der Waals surface area (Å²) >= 11 is 0. The van der Waals surface area contributed by atoms with Gasteiger partial charge in [0.1, 0.15) is 0 Å². The van der Waals surface area contributed by atoms with E-state index in [2.05, 4.69) is 52.8 Å². The molecule has 0 aliphatic carbocycles. The molecule has 1 saturated heterocycles. The Labute approximate surface area is 126 Å². The summed E-state index contributed by atoms with van der Waals surface area (Å²) in [5, 5.41) is 7.97. The van der Waals surface area contributed by atoms with Gasteiger partial charge in [-0.15, -0.1) is 0 Å². The van der Waals surface area contributed by atoms with Crippen molar-refractivity contribution in [3.63, 3.8) is 0 Å². The Bertz CT molecular complexity index is 549. The first kappa shape index (κ1) is 14.1. The molecule has 1 N–H and O–H groups in total. The van der Waals surface area contributed by atoms with Crippen LogP contribution in [0.1, 0.15) is 18.4 Å². The van der Waals surface area contributed by atoms with E-state index in [9.17, 15) is 0 Å². The number of rotatable bonds is 5. The van der Waals surface area contributed by atoms with Crippen molar-refractivity contribution in [1.29, 1.82) is 0 Å². The predicted molar refractivity (Wildman–Crippen MR) is 86.5 cm³/mol. The van der Waals surface area contributed by atoms with Crippen molar-refractivity contribution in [1.82, 2.24) is 14.7 Å². The molecule has 112 valence electrons. The van der Waals surface area contributed by atoms with Gasteiger partial charge in [-0.1, -0.05) is 30.3 Å². The summed E-state index contributed by atoms with van der Waals surface area (Å²) in [6.07, 6.45) is 6.67. The fourth-order valence-electron chi connectivity index (χ4n) is 3.01. The molecule has 0 radical (unpaired) electrons. The lowest BCUT2D eigenvalue weighted by atomic mass is 9.98. The molecule has 3 rings (SSSR count). The smallest absolute Gasteiger partial charge is 0.0726 e. The molecule has 0 spiro atoms. The van der Waals surface area contributed by atoms with Gasteiger partial charge in [0.15, 0.2) is 0 Å². The minimum absolute atomic E-state index is 0.751. The molecule has 1 aromatic heterocycles. The van der Waals surface area contributed by atoms with Crippen LogP contribution in [0, 0.1) is 5.92 Å². The molecule has 4 nitrogen and oxygen atoms in total. The lowest BCUT2D eigenvalue weighted by Gasteiger charge is -2.29. The number of aromatic nitrogens is 2. The van der Waals surface area contributed by atoms with E-state index in [1.807, 2.05) is 16.9 Å². The normalized spacial score (nSPS) is 19.6. The number of hydrogen-bond donors (Lipinski definition) is 1. The van der Waals surface area contributed by atoms with E-state index < -0.39 is 0 Å². The van der Waals surface area contributed by atoms with Crippen LogP contribution in [0.25, 0.3) is 0 Å². The van der Waals surface area contributed by atoms with Crippen molar-refractivity contribution in [3.8, 4) is 0 Å². The van der Waals surface area contributed by atoms with Crippen molar-refractivity contribution in [2.45, 2.75) is 19.4 Å². The summed E-state index contributed by atoms with van der Waals surface area (Å²) in [6, 6.07) is 10.4. The average molecular weight is 284 g/mol. The van der Waals surface area contributed by atoms with Gasteiger partial charge in [0.25, 0.3) is 0 Å². The van der Waals surface area contributed by atoms with Crippen LogP contribution in [0.2, 0.25) is 0 Å². The molecule has 2 heterocycles. The second-order valence-electron chi connectivity index (χ2n) is 6.06. The molecule has 1 aliphatic rings. The number of benzene rings is 1. The Balaban J connectivity index is 1.51. The minimum atomic E-state index is 0.751. The summed E-state index contributed by atoms with van der Waals surface area (Å²) in [4.78, 5) is 2.43. The van der Waals surface area contributed by atoms with Gasteiger partial charge in [-0.25, -0.2) is 0 Å². The summed E-state index contributed by atoms with van der Waals surface area (Å²) in [5.74, 6) is 0.751. The van der Waals surface area contributed by atoms with E-state index in [1.165, 1.54) is 31.5 Å². The van der Waals surface area contributed by atoms with Crippen LogP contribution >= 0.6 is 0 Å². The second kappa shape index (κ2) is 6.76. The van der Waals surface area contributed by atoms with Crippen molar-refractivity contribution in [2.24, 2.45) is 5.92 Å². The Morgan fingerprint density at radius 3 is 2.95 bits per heavy atom. The van der Waals surface area contributed by atoms with E-state index in [1.54, 1.807) is 0 Å². The first-order valence-corrected chi connectivity index (χ1v) is 7.78. The van der Waals surface area contributed by atoms with Crippen LogP contribution in [0.15, 0.2) is 42.7 Å².